The van der Waals surface area contributed by atoms with E-state index in [-0.39, 0.29) is 11.9 Å². The number of aromatic amines is 1. The van der Waals surface area contributed by atoms with Crippen LogP contribution in [0.15, 0.2) is 24.4 Å². The van der Waals surface area contributed by atoms with Crippen molar-refractivity contribution in [3.63, 3.8) is 0 Å². The molecule has 0 bridgehead atoms. The van der Waals surface area contributed by atoms with E-state index < -0.39 is 5.82 Å². The van der Waals surface area contributed by atoms with E-state index in [4.69, 9.17) is 4.74 Å². The van der Waals surface area contributed by atoms with Crippen molar-refractivity contribution in [2.24, 2.45) is 0 Å². The highest BCUT2D eigenvalue weighted by Crippen LogP contribution is 2.34. The number of nitrogens with one attached hydrogen (secondary N) is 2. The highest BCUT2D eigenvalue weighted by molar-refractivity contribution is 6.34. The van der Waals surface area contributed by atoms with E-state index >= 15 is 0 Å². The summed E-state index contributed by atoms with van der Waals surface area (Å²) in [5, 5.41) is 2.64. The number of anilines is 1. The van der Waals surface area contributed by atoms with Crippen molar-refractivity contribution in [2.75, 3.05) is 11.9 Å². The molecular formula is C16H11FN2O3. The number of ether oxygens (including phenoxy) is 1. The van der Waals surface area contributed by atoms with E-state index in [2.05, 4.69) is 10.3 Å². The van der Waals surface area contributed by atoms with Gasteiger partial charge < -0.3 is 15.0 Å². The summed E-state index contributed by atoms with van der Waals surface area (Å²) in [5.41, 5.74) is 3.58. The lowest BCUT2D eigenvalue weighted by molar-refractivity contribution is -0.110. The molecule has 0 saturated carbocycles. The van der Waals surface area contributed by atoms with E-state index in [1.165, 1.54) is 12.1 Å². The van der Waals surface area contributed by atoms with Crippen LogP contribution >= 0.6 is 0 Å². The summed E-state index contributed by atoms with van der Waals surface area (Å²) in [4.78, 5) is 26.8. The number of esters is 1. The number of rotatable bonds is 1. The smallest absolute Gasteiger partial charge is 0.339 e. The Morgan fingerprint density at radius 2 is 2.09 bits per heavy atom. The van der Waals surface area contributed by atoms with Crippen LogP contribution in [0.25, 0.3) is 11.6 Å². The van der Waals surface area contributed by atoms with Crippen molar-refractivity contribution in [1.29, 1.82) is 0 Å². The van der Waals surface area contributed by atoms with Gasteiger partial charge in [-0.25, -0.2) is 9.18 Å². The van der Waals surface area contributed by atoms with Crippen LogP contribution in [0.1, 0.15) is 27.2 Å². The van der Waals surface area contributed by atoms with Crippen molar-refractivity contribution in [3.05, 3.63) is 52.6 Å². The molecule has 2 aliphatic rings. The molecule has 1 aromatic heterocycles. The molecule has 6 heteroatoms. The van der Waals surface area contributed by atoms with Gasteiger partial charge in [-0.05, 0) is 29.8 Å². The summed E-state index contributed by atoms with van der Waals surface area (Å²) >= 11 is 0. The molecule has 0 aliphatic carbocycles. The quantitative estimate of drug-likeness (QED) is 0.627. The molecule has 0 atom stereocenters. The second-order valence-electron chi connectivity index (χ2n) is 5.18. The molecule has 1 aromatic carbocycles. The normalized spacial score (nSPS) is 18.0. The Balaban J connectivity index is 1.82. The highest BCUT2D eigenvalue weighted by atomic mass is 19.1. The number of cyclic esters (lactones) is 1. The van der Waals surface area contributed by atoms with E-state index in [1.807, 2.05) is 0 Å². The van der Waals surface area contributed by atoms with E-state index in [0.717, 1.165) is 5.56 Å². The van der Waals surface area contributed by atoms with Gasteiger partial charge in [-0.15, -0.1) is 0 Å². The summed E-state index contributed by atoms with van der Waals surface area (Å²) < 4.78 is 18.2. The lowest BCUT2D eigenvalue weighted by atomic mass is 10.0. The van der Waals surface area contributed by atoms with Crippen LogP contribution in [-0.2, 0) is 16.0 Å². The topological polar surface area (TPSA) is 71.2 Å². The number of H-pyrrole nitrogens is 1. The van der Waals surface area contributed by atoms with Gasteiger partial charge in [-0.1, -0.05) is 0 Å². The molecule has 2 N–H and O–H groups in total. The Hall–Kier alpha value is -2.89. The van der Waals surface area contributed by atoms with Gasteiger partial charge in [-0.2, -0.15) is 0 Å². The summed E-state index contributed by atoms with van der Waals surface area (Å²) in [6.07, 6.45) is 3.87. The predicted molar refractivity (Wildman–Crippen MR) is 77.7 cm³/mol. The van der Waals surface area contributed by atoms with E-state index in [0.29, 0.717) is 41.1 Å². The number of fused-ring (bicyclic) bond motifs is 2. The summed E-state index contributed by atoms with van der Waals surface area (Å²) in [6, 6.07) is 4.17. The zero-order chi connectivity index (χ0) is 15.3. The first-order valence-electron chi connectivity index (χ1n) is 6.84. The van der Waals surface area contributed by atoms with Crippen molar-refractivity contribution in [2.45, 2.75) is 6.42 Å². The Kier molecular flexibility index (Phi) is 2.66. The minimum atomic E-state index is -0.403. The van der Waals surface area contributed by atoms with Gasteiger partial charge in [0, 0.05) is 23.9 Å². The third kappa shape index (κ3) is 1.84. The summed E-state index contributed by atoms with van der Waals surface area (Å²) in [6.45, 7) is 0.327. The molecule has 0 unspecified atom stereocenters. The van der Waals surface area contributed by atoms with Gasteiger partial charge in [0.15, 0.2) is 0 Å². The molecule has 110 valence electrons. The van der Waals surface area contributed by atoms with Crippen molar-refractivity contribution >= 4 is 29.2 Å². The fraction of sp³-hybridized carbons (Fsp3) is 0.125. The van der Waals surface area contributed by atoms with Crippen molar-refractivity contribution in [3.8, 4) is 0 Å². The van der Waals surface area contributed by atoms with Crippen LogP contribution in [-0.4, -0.2) is 23.5 Å². The van der Waals surface area contributed by atoms with Crippen LogP contribution in [0.5, 0.6) is 0 Å². The maximum atomic E-state index is 13.2. The fourth-order valence-corrected chi connectivity index (χ4v) is 2.83. The minimum absolute atomic E-state index is 0.290. The minimum Gasteiger partial charge on any atom is -0.462 e. The van der Waals surface area contributed by atoms with E-state index in [1.54, 1.807) is 18.3 Å². The molecule has 0 fully saturated rings. The third-order valence-electron chi connectivity index (χ3n) is 3.88. The Bertz CT molecular complexity index is 851. The van der Waals surface area contributed by atoms with Gasteiger partial charge in [0.25, 0.3) is 5.91 Å². The Morgan fingerprint density at radius 3 is 2.95 bits per heavy atom. The molecule has 5 nitrogen and oxygen atoms in total. The maximum absolute atomic E-state index is 13.2. The van der Waals surface area contributed by atoms with Crippen LogP contribution in [0.3, 0.4) is 0 Å². The number of halogens is 1. The first kappa shape index (κ1) is 12.8. The van der Waals surface area contributed by atoms with Crippen LogP contribution in [0.4, 0.5) is 10.1 Å². The standard InChI is InChI=1S/C16H11FN2O3/c17-8-1-2-9-11(15(20)19-14(9)5-8)6-13-10-3-4-22-16(21)12(10)7-18-13/h1-2,5-7,18H,3-4H2,(H,19,20). The SMILES string of the molecule is O=C1Nc2cc(F)ccc2C1=Cc1[nH]cc2c1CCOC2=O. The first-order chi connectivity index (χ1) is 10.6. The molecule has 2 aliphatic heterocycles. The van der Waals surface area contributed by atoms with E-state index in [9.17, 15) is 14.0 Å². The molecule has 1 amide bonds. The molecule has 4 rings (SSSR count). The molecule has 0 radical (unpaired) electrons. The average molecular weight is 298 g/mol. The average Bonchev–Trinajstić information content (AvgIpc) is 3.02. The largest absolute Gasteiger partial charge is 0.462 e. The Labute approximate surface area is 124 Å². The molecule has 0 spiro atoms. The first-order valence-corrected chi connectivity index (χ1v) is 6.84. The van der Waals surface area contributed by atoms with Gasteiger partial charge in [0.05, 0.1) is 23.4 Å². The van der Waals surface area contributed by atoms with Crippen molar-refractivity contribution < 1.29 is 18.7 Å². The monoisotopic (exact) mass is 298 g/mol. The van der Waals surface area contributed by atoms with Crippen LogP contribution < -0.4 is 5.32 Å². The number of carbonyl (C=O) groups is 2. The zero-order valence-electron chi connectivity index (χ0n) is 11.4. The number of hydrogen-bond acceptors (Lipinski definition) is 3. The van der Waals surface area contributed by atoms with Crippen LogP contribution in [0.2, 0.25) is 0 Å². The van der Waals surface area contributed by atoms with Crippen molar-refractivity contribution in [1.82, 2.24) is 4.98 Å². The summed E-state index contributed by atoms with van der Waals surface area (Å²) in [5.74, 6) is -1.05. The van der Waals surface area contributed by atoms with Gasteiger partial charge in [0.1, 0.15) is 5.82 Å². The fourth-order valence-electron chi connectivity index (χ4n) is 2.83. The highest BCUT2D eigenvalue weighted by Gasteiger charge is 2.27. The molecule has 2 aromatic rings. The van der Waals surface area contributed by atoms with Gasteiger partial charge in [0.2, 0.25) is 0 Å². The number of hydrogen-bond donors (Lipinski definition) is 2. The maximum Gasteiger partial charge on any atom is 0.339 e. The number of carbonyl (C=O) groups excluding carboxylic acids is 2. The summed E-state index contributed by atoms with van der Waals surface area (Å²) in [7, 11) is 0. The molecule has 0 saturated heterocycles. The number of amides is 1. The molecule has 3 heterocycles. The van der Waals surface area contributed by atoms with Crippen LogP contribution in [0, 0.1) is 5.82 Å². The van der Waals surface area contributed by atoms with Gasteiger partial charge >= 0.3 is 5.97 Å². The lowest BCUT2D eigenvalue weighted by Crippen LogP contribution is -2.16. The number of benzene rings is 1. The lowest BCUT2D eigenvalue weighted by Gasteiger charge is -2.12. The zero-order valence-corrected chi connectivity index (χ0v) is 11.4. The molecular weight excluding hydrogens is 287 g/mol. The number of aromatic nitrogens is 1. The second-order valence-corrected chi connectivity index (χ2v) is 5.18. The molecule has 22 heavy (non-hydrogen) atoms. The predicted octanol–water partition coefficient (Wildman–Crippen LogP) is 2.36. The second kappa shape index (κ2) is 4.56. The third-order valence-corrected chi connectivity index (χ3v) is 3.88. The van der Waals surface area contributed by atoms with Gasteiger partial charge in [-0.3, -0.25) is 4.79 Å². The Morgan fingerprint density at radius 1 is 1.23 bits per heavy atom.